The van der Waals surface area contributed by atoms with Crippen LogP contribution in [0.5, 0.6) is 0 Å². The van der Waals surface area contributed by atoms with E-state index in [1.54, 1.807) is 0 Å². The van der Waals surface area contributed by atoms with E-state index in [9.17, 15) is 0 Å². The Hall–Kier alpha value is -0.830. The fraction of sp³-hybridized carbons (Fsp3) is 0.833. The highest BCUT2D eigenvalue weighted by atomic mass is 15.2. The Balaban J connectivity index is 1.99. The third kappa shape index (κ3) is 5.14. The predicted molar refractivity (Wildman–Crippen MR) is 89.3 cm³/mol. The molecule has 3 atom stereocenters. The molecule has 0 bridgehead atoms. The highest BCUT2D eigenvalue weighted by Crippen LogP contribution is 2.37. The van der Waals surface area contributed by atoms with Crippen molar-refractivity contribution in [1.82, 2.24) is 15.1 Å². The Labute approximate surface area is 130 Å². The van der Waals surface area contributed by atoms with Crippen LogP contribution in [0.1, 0.15) is 59.1 Å². The van der Waals surface area contributed by atoms with Gasteiger partial charge in [0.05, 0.1) is 5.69 Å². The van der Waals surface area contributed by atoms with Crippen LogP contribution in [0, 0.1) is 17.8 Å². The molecule has 0 saturated heterocycles. The Morgan fingerprint density at radius 1 is 1.29 bits per heavy atom. The Kier molecular flexibility index (Phi) is 5.48. The molecule has 1 heterocycles. The molecule has 1 aromatic heterocycles. The number of aromatic nitrogens is 2. The molecule has 0 aliphatic heterocycles. The van der Waals surface area contributed by atoms with E-state index in [4.69, 9.17) is 0 Å². The van der Waals surface area contributed by atoms with Crippen molar-refractivity contribution < 1.29 is 0 Å². The molecule has 3 nitrogen and oxygen atoms in total. The van der Waals surface area contributed by atoms with Gasteiger partial charge < -0.3 is 5.32 Å². The zero-order chi connectivity index (χ0) is 15.5. The first-order chi connectivity index (χ1) is 9.87. The third-order valence-corrected chi connectivity index (χ3v) is 4.96. The standard InChI is InChI=1S/C18H33N3/c1-6-14-7-8-15(13-19-18(2,3)4)16(11-14)12-17-9-10-21(5)20-17/h9-10,14-16,19H,6-8,11-13H2,1-5H3. The SMILES string of the molecule is CCC1CCC(CNC(C)(C)C)C(Cc2ccn(C)n2)C1. The molecule has 1 fully saturated rings. The van der Waals surface area contributed by atoms with E-state index in [1.165, 1.54) is 31.4 Å². The van der Waals surface area contributed by atoms with Gasteiger partial charge in [-0.15, -0.1) is 0 Å². The summed E-state index contributed by atoms with van der Waals surface area (Å²) in [6, 6.07) is 2.18. The van der Waals surface area contributed by atoms with Gasteiger partial charge in [0.2, 0.25) is 0 Å². The van der Waals surface area contributed by atoms with E-state index in [0.29, 0.717) is 0 Å². The van der Waals surface area contributed by atoms with Crippen LogP contribution in [0.25, 0.3) is 0 Å². The van der Waals surface area contributed by atoms with Crippen LogP contribution in [0.15, 0.2) is 12.3 Å². The molecule has 0 radical (unpaired) electrons. The monoisotopic (exact) mass is 291 g/mol. The van der Waals surface area contributed by atoms with Gasteiger partial charge in [-0.05, 0) is 70.4 Å². The van der Waals surface area contributed by atoms with Gasteiger partial charge in [0.1, 0.15) is 0 Å². The van der Waals surface area contributed by atoms with Gasteiger partial charge in [-0.2, -0.15) is 5.10 Å². The Morgan fingerprint density at radius 2 is 2.05 bits per heavy atom. The van der Waals surface area contributed by atoms with Crippen molar-refractivity contribution in [2.45, 2.75) is 65.3 Å². The van der Waals surface area contributed by atoms with Crippen molar-refractivity contribution in [1.29, 1.82) is 0 Å². The summed E-state index contributed by atoms with van der Waals surface area (Å²) in [4.78, 5) is 0. The van der Waals surface area contributed by atoms with E-state index in [2.05, 4.69) is 50.4 Å². The summed E-state index contributed by atoms with van der Waals surface area (Å²) in [5.41, 5.74) is 1.48. The molecular weight excluding hydrogens is 258 g/mol. The van der Waals surface area contributed by atoms with Crippen LogP contribution in [0.3, 0.4) is 0 Å². The largest absolute Gasteiger partial charge is 0.312 e. The summed E-state index contributed by atoms with van der Waals surface area (Å²) in [5, 5.41) is 8.32. The highest BCUT2D eigenvalue weighted by Gasteiger charge is 2.30. The fourth-order valence-corrected chi connectivity index (χ4v) is 3.59. The molecule has 3 unspecified atom stereocenters. The van der Waals surface area contributed by atoms with Gasteiger partial charge in [-0.1, -0.05) is 19.8 Å². The van der Waals surface area contributed by atoms with Gasteiger partial charge in [0, 0.05) is 18.8 Å². The van der Waals surface area contributed by atoms with Crippen molar-refractivity contribution in [2.75, 3.05) is 6.54 Å². The zero-order valence-corrected chi connectivity index (χ0v) is 14.5. The average molecular weight is 291 g/mol. The van der Waals surface area contributed by atoms with Gasteiger partial charge in [-0.25, -0.2) is 0 Å². The van der Waals surface area contributed by atoms with Crippen LogP contribution >= 0.6 is 0 Å². The molecule has 120 valence electrons. The smallest absolute Gasteiger partial charge is 0.0627 e. The van der Waals surface area contributed by atoms with Crippen LogP contribution in [-0.2, 0) is 13.5 Å². The van der Waals surface area contributed by atoms with Crippen LogP contribution in [0.2, 0.25) is 0 Å². The number of hydrogen-bond acceptors (Lipinski definition) is 2. The first-order valence-corrected chi connectivity index (χ1v) is 8.61. The second-order valence-corrected chi connectivity index (χ2v) is 7.92. The first-order valence-electron chi connectivity index (χ1n) is 8.61. The summed E-state index contributed by atoms with van der Waals surface area (Å²) in [6.45, 7) is 10.3. The number of nitrogens with one attached hydrogen (secondary N) is 1. The molecule has 1 aliphatic rings. The minimum Gasteiger partial charge on any atom is -0.312 e. The van der Waals surface area contributed by atoms with Crippen LogP contribution in [-0.4, -0.2) is 21.9 Å². The minimum absolute atomic E-state index is 0.219. The topological polar surface area (TPSA) is 29.9 Å². The highest BCUT2D eigenvalue weighted by molar-refractivity contribution is 5.01. The number of aryl methyl sites for hydroxylation is 1. The molecule has 0 amide bonds. The molecule has 0 spiro atoms. The second kappa shape index (κ2) is 6.95. The minimum atomic E-state index is 0.219. The van der Waals surface area contributed by atoms with Crippen molar-refractivity contribution in [3.05, 3.63) is 18.0 Å². The van der Waals surface area contributed by atoms with E-state index < -0.39 is 0 Å². The Morgan fingerprint density at radius 3 is 2.62 bits per heavy atom. The van der Waals surface area contributed by atoms with Crippen molar-refractivity contribution in [3.8, 4) is 0 Å². The summed E-state index contributed by atoms with van der Waals surface area (Å²) < 4.78 is 1.93. The number of nitrogens with zero attached hydrogens (tertiary/aromatic N) is 2. The summed E-state index contributed by atoms with van der Waals surface area (Å²) in [5.74, 6) is 2.51. The normalized spacial score (nSPS) is 27.0. The lowest BCUT2D eigenvalue weighted by molar-refractivity contribution is 0.162. The average Bonchev–Trinajstić information content (AvgIpc) is 2.81. The van der Waals surface area contributed by atoms with Gasteiger partial charge in [-0.3, -0.25) is 4.68 Å². The molecule has 2 rings (SSSR count). The summed E-state index contributed by atoms with van der Waals surface area (Å²) >= 11 is 0. The lowest BCUT2D eigenvalue weighted by atomic mass is 9.71. The molecule has 1 saturated carbocycles. The van der Waals surface area contributed by atoms with E-state index in [0.717, 1.165) is 30.7 Å². The second-order valence-electron chi connectivity index (χ2n) is 7.92. The van der Waals surface area contributed by atoms with Gasteiger partial charge >= 0.3 is 0 Å². The van der Waals surface area contributed by atoms with Gasteiger partial charge in [0.15, 0.2) is 0 Å². The predicted octanol–water partition coefficient (Wildman–Crippen LogP) is 3.79. The molecule has 1 aromatic rings. The summed E-state index contributed by atoms with van der Waals surface area (Å²) in [6.07, 6.45) is 8.71. The third-order valence-electron chi connectivity index (χ3n) is 4.96. The van der Waals surface area contributed by atoms with Crippen LogP contribution in [0.4, 0.5) is 0 Å². The molecule has 3 heteroatoms. The lowest BCUT2D eigenvalue weighted by Crippen LogP contribution is -2.42. The maximum Gasteiger partial charge on any atom is 0.0627 e. The molecular formula is C18H33N3. The summed E-state index contributed by atoms with van der Waals surface area (Å²) in [7, 11) is 2.01. The van der Waals surface area contributed by atoms with Crippen molar-refractivity contribution >= 4 is 0 Å². The Bertz CT molecular complexity index is 430. The fourth-order valence-electron chi connectivity index (χ4n) is 3.59. The van der Waals surface area contributed by atoms with Gasteiger partial charge in [0.25, 0.3) is 0 Å². The van der Waals surface area contributed by atoms with Crippen LogP contribution < -0.4 is 5.32 Å². The van der Waals surface area contributed by atoms with E-state index >= 15 is 0 Å². The maximum atomic E-state index is 4.60. The zero-order valence-electron chi connectivity index (χ0n) is 14.5. The molecule has 1 aliphatic carbocycles. The maximum absolute atomic E-state index is 4.60. The molecule has 0 aromatic carbocycles. The number of hydrogen-bond donors (Lipinski definition) is 1. The van der Waals surface area contributed by atoms with Crippen molar-refractivity contribution in [3.63, 3.8) is 0 Å². The quantitative estimate of drug-likeness (QED) is 0.894. The lowest BCUT2D eigenvalue weighted by Gasteiger charge is -2.37. The molecule has 1 N–H and O–H groups in total. The van der Waals surface area contributed by atoms with Crippen molar-refractivity contribution in [2.24, 2.45) is 24.8 Å². The first kappa shape index (κ1) is 16.5. The van der Waals surface area contributed by atoms with E-state index in [1.807, 2.05) is 11.7 Å². The molecule has 21 heavy (non-hydrogen) atoms. The van der Waals surface area contributed by atoms with E-state index in [-0.39, 0.29) is 5.54 Å². The number of rotatable bonds is 5.